The van der Waals surface area contributed by atoms with E-state index in [1.54, 1.807) is 0 Å². The van der Waals surface area contributed by atoms with Crippen molar-refractivity contribution in [3.8, 4) is 0 Å². The van der Waals surface area contributed by atoms with Gasteiger partial charge in [0.25, 0.3) is 0 Å². The average molecular weight is 193 g/mol. The Morgan fingerprint density at radius 3 is 1.77 bits per heavy atom. The van der Waals surface area contributed by atoms with E-state index in [4.69, 9.17) is 10.8 Å². The Labute approximate surface area is 75.2 Å². The maximum atomic E-state index is 9.33. The summed E-state index contributed by atoms with van der Waals surface area (Å²) >= 11 is 0. The van der Waals surface area contributed by atoms with Gasteiger partial charge < -0.3 is 31.3 Å². The van der Waals surface area contributed by atoms with Gasteiger partial charge in [-0.3, -0.25) is 0 Å². The molecule has 1 saturated carbocycles. The van der Waals surface area contributed by atoms with E-state index in [1.165, 1.54) is 0 Å². The Morgan fingerprint density at radius 1 is 0.846 bits per heavy atom. The Bertz CT molecular complexity index is 162. The fourth-order valence-electron chi connectivity index (χ4n) is 1.60. The highest BCUT2D eigenvalue weighted by Gasteiger charge is 2.46. The van der Waals surface area contributed by atoms with Gasteiger partial charge in [-0.05, 0) is 0 Å². The minimum Gasteiger partial charge on any atom is -0.396 e. The standard InChI is InChI=1S/C7H15NO5/c8-3-2(1-9)4(10)6(12)7(13)5(3)11/h2-7,9-13H,1,8H2/t2-,3-,4-,5+,6-,7-/m0/s1. The van der Waals surface area contributed by atoms with Crippen molar-refractivity contribution >= 4 is 0 Å². The van der Waals surface area contributed by atoms with Crippen LogP contribution in [0.2, 0.25) is 0 Å². The van der Waals surface area contributed by atoms with Crippen molar-refractivity contribution in [1.82, 2.24) is 0 Å². The van der Waals surface area contributed by atoms with Gasteiger partial charge in [0, 0.05) is 12.0 Å². The molecule has 0 aromatic rings. The first kappa shape index (κ1) is 10.8. The smallest absolute Gasteiger partial charge is 0.110 e. The van der Waals surface area contributed by atoms with Crippen molar-refractivity contribution in [2.75, 3.05) is 6.61 Å². The summed E-state index contributed by atoms with van der Waals surface area (Å²) < 4.78 is 0. The monoisotopic (exact) mass is 193 g/mol. The molecule has 0 bridgehead atoms. The molecule has 0 radical (unpaired) electrons. The number of aliphatic hydroxyl groups is 5. The molecule has 0 aliphatic heterocycles. The quantitative estimate of drug-likeness (QED) is 0.255. The zero-order valence-electron chi connectivity index (χ0n) is 6.98. The third-order valence-corrected chi connectivity index (χ3v) is 2.59. The van der Waals surface area contributed by atoms with Crippen molar-refractivity contribution in [3.05, 3.63) is 0 Å². The maximum Gasteiger partial charge on any atom is 0.110 e. The lowest BCUT2D eigenvalue weighted by atomic mass is 9.78. The average Bonchev–Trinajstić information content (AvgIpc) is 2.13. The first-order valence-corrected chi connectivity index (χ1v) is 4.09. The van der Waals surface area contributed by atoms with Crippen LogP contribution in [0.1, 0.15) is 0 Å². The fourth-order valence-corrected chi connectivity index (χ4v) is 1.60. The van der Waals surface area contributed by atoms with Crippen molar-refractivity contribution in [3.63, 3.8) is 0 Å². The molecule has 0 spiro atoms. The van der Waals surface area contributed by atoms with Crippen molar-refractivity contribution < 1.29 is 25.5 Å². The maximum absolute atomic E-state index is 9.33. The minimum atomic E-state index is -1.47. The Hall–Kier alpha value is -0.240. The number of nitrogens with two attached hydrogens (primary N) is 1. The van der Waals surface area contributed by atoms with Gasteiger partial charge in [0.2, 0.25) is 0 Å². The number of aliphatic hydroxyl groups excluding tert-OH is 5. The summed E-state index contributed by atoms with van der Waals surface area (Å²) in [7, 11) is 0. The van der Waals surface area contributed by atoms with Crippen LogP contribution < -0.4 is 5.73 Å². The molecule has 6 heteroatoms. The van der Waals surface area contributed by atoms with E-state index in [-0.39, 0.29) is 0 Å². The van der Waals surface area contributed by atoms with Crippen molar-refractivity contribution in [2.45, 2.75) is 30.5 Å². The van der Waals surface area contributed by atoms with Gasteiger partial charge in [-0.25, -0.2) is 0 Å². The molecule has 0 amide bonds. The van der Waals surface area contributed by atoms with Crippen molar-refractivity contribution in [2.24, 2.45) is 11.7 Å². The van der Waals surface area contributed by atoms with E-state index in [1.807, 2.05) is 0 Å². The van der Waals surface area contributed by atoms with Crippen LogP contribution in [0.15, 0.2) is 0 Å². The summed E-state index contributed by atoms with van der Waals surface area (Å²) in [6, 6.07) is -0.932. The van der Waals surface area contributed by atoms with Crippen LogP contribution >= 0.6 is 0 Å². The summed E-state index contributed by atoms with van der Waals surface area (Å²) in [5.41, 5.74) is 5.43. The molecule has 1 aliphatic carbocycles. The molecule has 1 fully saturated rings. The summed E-state index contributed by atoms with van der Waals surface area (Å²) in [5, 5.41) is 45.8. The largest absolute Gasteiger partial charge is 0.396 e. The van der Waals surface area contributed by atoms with Crippen LogP contribution in [-0.4, -0.2) is 62.6 Å². The molecule has 0 heterocycles. The topological polar surface area (TPSA) is 127 Å². The molecule has 0 aromatic heterocycles. The van der Waals surface area contributed by atoms with Gasteiger partial charge in [0.15, 0.2) is 0 Å². The van der Waals surface area contributed by atoms with E-state index in [2.05, 4.69) is 0 Å². The van der Waals surface area contributed by atoms with Gasteiger partial charge in [-0.1, -0.05) is 0 Å². The summed E-state index contributed by atoms with van der Waals surface area (Å²) in [6.07, 6.45) is -5.56. The Kier molecular flexibility index (Phi) is 3.23. The van der Waals surface area contributed by atoms with Gasteiger partial charge in [-0.15, -0.1) is 0 Å². The van der Waals surface area contributed by atoms with Crippen LogP contribution in [0.4, 0.5) is 0 Å². The Morgan fingerprint density at radius 2 is 1.31 bits per heavy atom. The van der Waals surface area contributed by atoms with Gasteiger partial charge in [-0.2, -0.15) is 0 Å². The van der Waals surface area contributed by atoms with E-state index in [0.717, 1.165) is 0 Å². The first-order chi connectivity index (χ1) is 6.00. The molecule has 7 N–H and O–H groups in total. The van der Waals surface area contributed by atoms with Crippen LogP contribution in [-0.2, 0) is 0 Å². The second-order valence-corrected chi connectivity index (χ2v) is 3.39. The third-order valence-electron chi connectivity index (χ3n) is 2.59. The molecular weight excluding hydrogens is 178 g/mol. The zero-order chi connectivity index (χ0) is 10.2. The number of hydrogen-bond acceptors (Lipinski definition) is 6. The summed E-state index contributed by atoms with van der Waals surface area (Å²) in [4.78, 5) is 0. The van der Waals surface area contributed by atoms with Crippen LogP contribution in [0.25, 0.3) is 0 Å². The Balaban J connectivity index is 2.79. The van der Waals surface area contributed by atoms with Crippen LogP contribution in [0.5, 0.6) is 0 Å². The highest BCUT2D eigenvalue weighted by Crippen LogP contribution is 2.24. The lowest BCUT2D eigenvalue weighted by molar-refractivity contribution is -0.171. The van der Waals surface area contributed by atoms with Crippen molar-refractivity contribution in [1.29, 1.82) is 0 Å². The normalized spacial score (nSPS) is 52.2. The van der Waals surface area contributed by atoms with Crippen LogP contribution in [0, 0.1) is 5.92 Å². The predicted molar refractivity (Wildman–Crippen MR) is 42.6 cm³/mol. The molecular formula is C7H15NO5. The summed E-state index contributed by atoms with van der Waals surface area (Å²) in [6.45, 7) is -0.441. The lowest BCUT2D eigenvalue weighted by Gasteiger charge is -2.41. The molecule has 0 unspecified atom stereocenters. The first-order valence-electron chi connectivity index (χ1n) is 4.09. The summed E-state index contributed by atoms with van der Waals surface area (Å²) in [5.74, 6) is -0.812. The molecule has 6 nitrogen and oxygen atoms in total. The zero-order valence-corrected chi connectivity index (χ0v) is 6.98. The van der Waals surface area contributed by atoms with Crippen LogP contribution in [0.3, 0.4) is 0 Å². The fraction of sp³-hybridized carbons (Fsp3) is 1.00. The molecule has 13 heavy (non-hydrogen) atoms. The van der Waals surface area contributed by atoms with Gasteiger partial charge >= 0.3 is 0 Å². The minimum absolute atomic E-state index is 0.441. The van der Waals surface area contributed by atoms with Gasteiger partial charge in [0.05, 0.1) is 18.8 Å². The molecule has 78 valence electrons. The predicted octanol–water partition coefficient (Wildman–Crippen LogP) is -3.62. The second-order valence-electron chi connectivity index (χ2n) is 3.39. The van der Waals surface area contributed by atoms with E-state index in [9.17, 15) is 20.4 Å². The lowest BCUT2D eigenvalue weighted by Crippen LogP contribution is -2.64. The van der Waals surface area contributed by atoms with E-state index < -0.39 is 43.0 Å². The van der Waals surface area contributed by atoms with E-state index in [0.29, 0.717) is 0 Å². The second kappa shape index (κ2) is 3.87. The molecule has 1 rings (SSSR count). The van der Waals surface area contributed by atoms with Gasteiger partial charge in [0.1, 0.15) is 12.2 Å². The number of rotatable bonds is 1. The van der Waals surface area contributed by atoms with E-state index >= 15 is 0 Å². The molecule has 6 atom stereocenters. The SMILES string of the molecule is N[C@@H]1[C@@H](O)[C@H](O)[C@@H](O)[C@@H](O)[C@H]1CO. The third kappa shape index (κ3) is 1.69. The molecule has 0 saturated heterocycles. The molecule has 0 aromatic carbocycles. The highest BCUT2D eigenvalue weighted by molar-refractivity contribution is 4.99. The highest BCUT2D eigenvalue weighted by atomic mass is 16.4. The number of hydrogen-bond donors (Lipinski definition) is 6. The molecule has 1 aliphatic rings.